The number of amides is 1. The zero-order valence-corrected chi connectivity index (χ0v) is 20.5. The van der Waals surface area contributed by atoms with Gasteiger partial charge in [0.2, 0.25) is 5.91 Å². The third-order valence-corrected chi connectivity index (χ3v) is 5.87. The van der Waals surface area contributed by atoms with Crippen LogP contribution in [0, 0.1) is 0 Å². The van der Waals surface area contributed by atoms with Crippen molar-refractivity contribution in [1.29, 1.82) is 0 Å². The Labute approximate surface area is 198 Å². The van der Waals surface area contributed by atoms with Crippen LogP contribution in [0.2, 0.25) is 0 Å². The summed E-state index contributed by atoms with van der Waals surface area (Å²) in [7, 11) is 1.79. The highest BCUT2D eigenvalue weighted by atomic mass is 127. The van der Waals surface area contributed by atoms with Crippen molar-refractivity contribution in [2.24, 2.45) is 4.99 Å². The normalized spacial score (nSPS) is 18.1. The molecule has 0 aromatic heterocycles. The maximum atomic E-state index is 12.0. The van der Waals surface area contributed by atoms with Crippen molar-refractivity contribution in [1.82, 2.24) is 15.5 Å². The molecule has 1 aliphatic heterocycles. The Bertz CT molecular complexity index is 675. The van der Waals surface area contributed by atoms with Crippen LogP contribution in [-0.2, 0) is 22.6 Å². The maximum absolute atomic E-state index is 12.0. The average Bonchev–Trinajstić information content (AvgIpc) is 2.98. The standard InChI is InChI=1S/C23H36N4O2.HI/c1-24-23(25-14-16-29-21-11-4-2-3-5-12-21)26-17-19-9-6-7-10-20(19)18-27-15-8-13-22(27)28;/h6-7,9-10,21H,2-5,8,11-18H2,1H3,(H2,24,25,26);1H. The Hall–Kier alpha value is -1.35. The van der Waals surface area contributed by atoms with Crippen molar-refractivity contribution in [3.63, 3.8) is 0 Å². The molecule has 1 saturated carbocycles. The lowest BCUT2D eigenvalue weighted by Gasteiger charge is -2.19. The number of halogens is 1. The lowest BCUT2D eigenvalue weighted by Crippen LogP contribution is -2.39. The van der Waals surface area contributed by atoms with Gasteiger partial charge in [-0.05, 0) is 30.4 Å². The molecule has 1 saturated heterocycles. The lowest BCUT2D eigenvalue weighted by atomic mass is 10.1. The van der Waals surface area contributed by atoms with Gasteiger partial charge in [0, 0.05) is 39.6 Å². The number of nitrogens with zero attached hydrogens (tertiary/aromatic N) is 2. The average molecular weight is 528 g/mol. The SMILES string of the molecule is CN=C(NCCOC1CCCCCC1)NCc1ccccc1CN1CCCC1=O.I. The molecule has 1 aromatic carbocycles. The molecular weight excluding hydrogens is 491 g/mol. The molecule has 0 unspecified atom stereocenters. The molecule has 0 bridgehead atoms. The highest BCUT2D eigenvalue weighted by Gasteiger charge is 2.20. The van der Waals surface area contributed by atoms with E-state index in [-0.39, 0.29) is 29.9 Å². The van der Waals surface area contributed by atoms with Crippen LogP contribution < -0.4 is 10.6 Å². The molecule has 1 aliphatic carbocycles. The Morgan fingerprint density at radius 1 is 1.10 bits per heavy atom. The summed E-state index contributed by atoms with van der Waals surface area (Å²) < 4.78 is 6.04. The number of guanidine groups is 1. The number of ether oxygens (including phenoxy) is 1. The second kappa shape index (κ2) is 13.9. The molecular formula is C23H37IN4O2. The molecule has 0 atom stereocenters. The quantitative estimate of drug-likeness (QED) is 0.177. The van der Waals surface area contributed by atoms with E-state index < -0.39 is 0 Å². The largest absolute Gasteiger partial charge is 0.376 e. The van der Waals surface area contributed by atoms with Crippen molar-refractivity contribution in [2.75, 3.05) is 26.7 Å². The predicted molar refractivity (Wildman–Crippen MR) is 132 cm³/mol. The van der Waals surface area contributed by atoms with Crippen LogP contribution in [0.5, 0.6) is 0 Å². The zero-order chi connectivity index (χ0) is 20.3. The maximum Gasteiger partial charge on any atom is 0.222 e. The van der Waals surface area contributed by atoms with Crippen LogP contribution in [0.4, 0.5) is 0 Å². The first-order chi connectivity index (χ1) is 14.3. The van der Waals surface area contributed by atoms with Crippen LogP contribution >= 0.6 is 24.0 Å². The van der Waals surface area contributed by atoms with E-state index in [2.05, 4.69) is 27.8 Å². The van der Waals surface area contributed by atoms with Gasteiger partial charge in [-0.1, -0.05) is 49.9 Å². The zero-order valence-electron chi connectivity index (χ0n) is 18.2. The van der Waals surface area contributed by atoms with Crippen molar-refractivity contribution in [2.45, 2.75) is 70.6 Å². The fraction of sp³-hybridized carbons (Fsp3) is 0.652. The first kappa shape index (κ1) is 24.9. The van der Waals surface area contributed by atoms with E-state index >= 15 is 0 Å². The highest BCUT2D eigenvalue weighted by Crippen LogP contribution is 2.19. The minimum Gasteiger partial charge on any atom is -0.376 e. The van der Waals surface area contributed by atoms with Crippen LogP contribution in [0.1, 0.15) is 62.5 Å². The summed E-state index contributed by atoms with van der Waals surface area (Å²) in [6.45, 7) is 3.70. The number of aliphatic imine (C=N–C) groups is 1. The van der Waals surface area contributed by atoms with E-state index in [1.807, 2.05) is 17.0 Å². The van der Waals surface area contributed by atoms with Gasteiger partial charge in [0.15, 0.2) is 5.96 Å². The van der Waals surface area contributed by atoms with Gasteiger partial charge in [0.1, 0.15) is 0 Å². The minimum absolute atomic E-state index is 0. The lowest BCUT2D eigenvalue weighted by molar-refractivity contribution is -0.128. The number of carbonyl (C=O) groups excluding carboxylic acids is 1. The predicted octanol–water partition coefficient (Wildman–Crippen LogP) is 3.83. The Kier molecular flexibility index (Phi) is 11.5. The topological polar surface area (TPSA) is 66.0 Å². The summed E-state index contributed by atoms with van der Waals surface area (Å²) in [5.74, 6) is 1.04. The molecule has 30 heavy (non-hydrogen) atoms. The van der Waals surface area contributed by atoms with Gasteiger partial charge < -0.3 is 20.3 Å². The van der Waals surface area contributed by atoms with Crippen molar-refractivity contribution in [3.8, 4) is 0 Å². The Morgan fingerprint density at radius 2 is 1.83 bits per heavy atom. The van der Waals surface area contributed by atoms with Gasteiger partial charge in [-0.25, -0.2) is 0 Å². The second-order valence-corrected chi connectivity index (χ2v) is 8.02. The minimum atomic E-state index is 0. The molecule has 1 heterocycles. The van der Waals surface area contributed by atoms with E-state index in [9.17, 15) is 4.79 Å². The van der Waals surface area contributed by atoms with Crippen LogP contribution in [0.15, 0.2) is 29.3 Å². The fourth-order valence-electron chi connectivity index (χ4n) is 4.16. The van der Waals surface area contributed by atoms with E-state index in [1.54, 1.807) is 7.05 Å². The summed E-state index contributed by atoms with van der Waals surface area (Å²) >= 11 is 0. The summed E-state index contributed by atoms with van der Waals surface area (Å²) in [5, 5.41) is 6.73. The van der Waals surface area contributed by atoms with Crippen molar-refractivity contribution < 1.29 is 9.53 Å². The van der Waals surface area contributed by atoms with E-state index in [4.69, 9.17) is 4.74 Å². The monoisotopic (exact) mass is 528 g/mol. The van der Waals surface area contributed by atoms with E-state index in [0.29, 0.717) is 32.2 Å². The Morgan fingerprint density at radius 3 is 2.50 bits per heavy atom. The smallest absolute Gasteiger partial charge is 0.222 e. The number of rotatable bonds is 8. The third-order valence-electron chi connectivity index (χ3n) is 5.87. The van der Waals surface area contributed by atoms with Gasteiger partial charge in [0.05, 0.1) is 12.7 Å². The number of likely N-dealkylation sites (tertiary alicyclic amines) is 1. The molecule has 2 fully saturated rings. The summed E-state index contributed by atoms with van der Waals surface area (Å²) in [6, 6.07) is 8.31. The van der Waals surface area contributed by atoms with Gasteiger partial charge in [0.25, 0.3) is 0 Å². The molecule has 2 N–H and O–H groups in total. The number of benzene rings is 1. The molecule has 1 aromatic rings. The number of nitrogens with one attached hydrogen (secondary N) is 2. The summed E-state index contributed by atoms with van der Waals surface area (Å²) in [5.41, 5.74) is 2.40. The number of hydrogen-bond acceptors (Lipinski definition) is 3. The number of carbonyl (C=O) groups is 1. The molecule has 3 rings (SSSR count). The van der Waals surface area contributed by atoms with Gasteiger partial charge in [-0.15, -0.1) is 24.0 Å². The molecule has 2 aliphatic rings. The van der Waals surface area contributed by atoms with Gasteiger partial charge in [-0.3, -0.25) is 9.79 Å². The van der Waals surface area contributed by atoms with E-state index in [0.717, 1.165) is 25.5 Å². The molecule has 6 nitrogen and oxygen atoms in total. The van der Waals surface area contributed by atoms with Crippen LogP contribution in [-0.4, -0.2) is 49.6 Å². The third kappa shape index (κ3) is 8.06. The first-order valence-electron chi connectivity index (χ1n) is 11.2. The molecule has 1 amide bonds. The fourth-order valence-corrected chi connectivity index (χ4v) is 4.16. The Balaban J connectivity index is 0.00000320. The van der Waals surface area contributed by atoms with Crippen molar-refractivity contribution in [3.05, 3.63) is 35.4 Å². The van der Waals surface area contributed by atoms with E-state index in [1.165, 1.54) is 49.7 Å². The van der Waals surface area contributed by atoms with Crippen LogP contribution in [0.25, 0.3) is 0 Å². The highest BCUT2D eigenvalue weighted by molar-refractivity contribution is 14.0. The first-order valence-corrected chi connectivity index (χ1v) is 11.2. The molecule has 7 heteroatoms. The van der Waals surface area contributed by atoms with Crippen LogP contribution in [0.3, 0.4) is 0 Å². The van der Waals surface area contributed by atoms with Crippen molar-refractivity contribution >= 4 is 35.8 Å². The summed E-state index contributed by atoms with van der Waals surface area (Å²) in [6.07, 6.45) is 9.76. The summed E-state index contributed by atoms with van der Waals surface area (Å²) in [4.78, 5) is 18.2. The number of hydrogen-bond donors (Lipinski definition) is 2. The molecule has 0 radical (unpaired) electrons. The second-order valence-electron chi connectivity index (χ2n) is 8.02. The van der Waals surface area contributed by atoms with Gasteiger partial charge in [-0.2, -0.15) is 0 Å². The van der Waals surface area contributed by atoms with Gasteiger partial charge >= 0.3 is 0 Å². The molecule has 0 spiro atoms. The molecule has 168 valence electrons.